The summed E-state index contributed by atoms with van der Waals surface area (Å²) in [6, 6.07) is 0. The van der Waals surface area contributed by atoms with Gasteiger partial charge in [0.05, 0.1) is 34.4 Å². The number of hydrogen-bond acceptors (Lipinski definition) is 7. The summed E-state index contributed by atoms with van der Waals surface area (Å²) in [5.74, 6) is -1.99. The third kappa shape index (κ3) is 68.1. The summed E-state index contributed by atoms with van der Waals surface area (Å²) >= 11 is 0. The van der Waals surface area contributed by atoms with E-state index in [0.717, 1.165) is 70.6 Å². The maximum absolute atomic E-state index is 13.0. The topological polar surface area (TPSA) is 108 Å². The molecule has 1 N–H and O–H groups in total. The van der Waals surface area contributed by atoms with Gasteiger partial charge in [0, 0.05) is 12.8 Å². The van der Waals surface area contributed by atoms with Crippen LogP contribution in [0.3, 0.4) is 0 Å². The average Bonchev–Trinajstić information content (AvgIpc) is 3.48. The van der Waals surface area contributed by atoms with Gasteiger partial charge in [-0.1, -0.05) is 311 Å². The molecule has 0 saturated carbocycles. The number of carboxylic acid groups (broad SMARTS) is 1. The standard InChI is InChI=1S/C76H137NO8/c1-6-8-10-12-14-16-18-20-22-24-26-28-30-31-32-33-34-35-36-37-38-39-40-41-42-43-45-47-49-51-53-55-57-59-61-63-65-67-74(79)85-72(71-84-76(75(80)81)82-69-68-77(3,4)5)70-83-73(78)66-64-62-60-58-56-54-52-50-48-46-44-29-27-25-23-21-19-17-15-13-11-9-7-2/h8,10,14,16,19-22,25-28,72,76H,6-7,9,11-13,15,17-18,23-24,29-71H2,1-5H3/p+1/b10-8-,16-14-,21-19-,22-20-,27-25-,28-26-. The van der Waals surface area contributed by atoms with E-state index < -0.39 is 18.4 Å². The number of quaternary nitrogens is 1. The lowest BCUT2D eigenvalue weighted by Gasteiger charge is -2.25. The number of allylic oxidation sites excluding steroid dienone is 12. The van der Waals surface area contributed by atoms with Gasteiger partial charge in [0.1, 0.15) is 13.2 Å². The molecule has 0 spiro atoms. The Hall–Kier alpha value is -3.27. The molecular formula is C76H138NO8+. The van der Waals surface area contributed by atoms with Crippen LogP contribution < -0.4 is 0 Å². The number of esters is 2. The zero-order chi connectivity index (χ0) is 61.9. The van der Waals surface area contributed by atoms with Crippen molar-refractivity contribution >= 4 is 17.9 Å². The van der Waals surface area contributed by atoms with Crippen molar-refractivity contribution in [3.8, 4) is 0 Å². The zero-order valence-corrected chi connectivity index (χ0v) is 56.5. The first-order valence-corrected chi connectivity index (χ1v) is 36.1. The maximum Gasteiger partial charge on any atom is 0.361 e. The van der Waals surface area contributed by atoms with Gasteiger partial charge in [-0.2, -0.15) is 0 Å². The molecule has 0 saturated heterocycles. The molecule has 494 valence electrons. The fraction of sp³-hybridized carbons (Fsp3) is 0.803. The van der Waals surface area contributed by atoms with Crippen molar-refractivity contribution in [1.82, 2.24) is 0 Å². The van der Waals surface area contributed by atoms with Crippen LogP contribution in [0.15, 0.2) is 72.9 Å². The number of rotatable bonds is 67. The first-order chi connectivity index (χ1) is 41.6. The molecule has 0 aliphatic carbocycles. The van der Waals surface area contributed by atoms with Gasteiger partial charge in [-0.05, 0) is 83.5 Å². The number of carbonyl (C=O) groups excluding carboxylic acids is 2. The van der Waals surface area contributed by atoms with Gasteiger partial charge in [0.15, 0.2) is 6.10 Å². The lowest BCUT2D eigenvalue weighted by molar-refractivity contribution is -0.870. The van der Waals surface area contributed by atoms with E-state index in [4.69, 9.17) is 18.9 Å². The van der Waals surface area contributed by atoms with E-state index >= 15 is 0 Å². The van der Waals surface area contributed by atoms with E-state index in [0.29, 0.717) is 17.4 Å². The second kappa shape index (κ2) is 66.7. The molecule has 2 unspecified atom stereocenters. The molecule has 9 nitrogen and oxygen atoms in total. The second-order valence-corrected chi connectivity index (χ2v) is 25.5. The van der Waals surface area contributed by atoms with Gasteiger partial charge in [-0.25, -0.2) is 4.79 Å². The Balaban J connectivity index is 4.02. The molecule has 0 amide bonds. The monoisotopic (exact) mass is 1190 g/mol. The number of carboxylic acids is 1. The van der Waals surface area contributed by atoms with E-state index in [1.807, 2.05) is 21.1 Å². The summed E-state index contributed by atoms with van der Waals surface area (Å²) in [6.07, 6.45) is 86.0. The quantitative estimate of drug-likeness (QED) is 0.0211. The van der Waals surface area contributed by atoms with Gasteiger partial charge in [0.25, 0.3) is 6.29 Å². The van der Waals surface area contributed by atoms with E-state index in [9.17, 15) is 19.5 Å². The van der Waals surface area contributed by atoms with Crippen LogP contribution in [0.25, 0.3) is 0 Å². The number of nitrogens with zero attached hydrogens (tertiary/aromatic N) is 1. The molecule has 0 aliphatic heterocycles. The Morgan fingerprint density at radius 2 is 0.671 bits per heavy atom. The summed E-state index contributed by atoms with van der Waals surface area (Å²) in [5, 5.41) is 9.75. The van der Waals surface area contributed by atoms with Crippen molar-refractivity contribution in [1.29, 1.82) is 0 Å². The van der Waals surface area contributed by atoms with Gasteiger partial charge < -0.3 is 28.5 Å². The van der Waals surface area contributed by atoms with Crippen molar-refractivity contribution < 1.29 is 42.9 Å². The van der Waals surface area contributed by atoms with E-state index in [1.165, 1.54) is 238 Å². The molecule has 0 aliphatic rings. The van der Waals surface area contributed by atoms with Crippen LogP contribution in [0, 0.1) is 0 Å². The number of hydrogen-bond donors (Lipinski definition) is 1. The molecule has 2 atom stereocenters. The maximum atomic E-state index is 13.0. The summed E-state index contributed by atoms with van der Waals surface area (Å²) in [5.41, 5.74) is 0. The number of unbranched alkanes of at least 4 members (excludes halogenated alkanes) is 40. The van der Waals surface area contributed by atoms with Gasteiger partial charge in [-0.15, -0.1) is 0 Å². The smallest absolute Gasteiger partial charge is 0.361 e. The molecule has 9 heteroatoms. The minimum Gasteiger partial charge on any atom is -0.477 e. The van der Waals surface area contributed by atoms with Crippen LogP contribution in [0.1, 0.15) is 335 Å². The van der Waals surface area contributed by atoms with Gasteiger partial charge >= 0.3 is 17.9 Å². The van der Waals surface area contributed by atoms with Crippen LogP contribution in [-0.4, -0.2) is 87.4 Å². The minimum absolute atomic E-state index is 0.181. The Morgan fingerprint density at radius 1 is 0.365 bits per heavy atom. The summed E-state index contributed by atoms with van der Waals surface area (Å²) < 4.78 is 23.0. The number of carbonyl (C=O) groups is 3. The summed E-state index contributed by atoms with van der Waals surface area (Å²) in [7, 11) is 5.99. The minimum atomic E-state index is -1.51. The highest BCUT2D eigenvalue weighted by atomic mass is 16.7. The van der Waals surface area contributed by atoms with Crippen molar-refractivity contribution in [2.75, 3.05) is 47.5 Å². The fourth-order valence-corrected chi connectivity index (χ4v) is 10.5. The highest BCUT2D eigenvalue weighted by Gasteiger charge is 2.25. The molecular weight excluding hydrogens is 1050 g/mol. The molecule has 0 heterocycles. The molecule has 0 radical (unpaired) electrons. The Bertz CT molecular complexity index is 1620. The Kier molecular flexibility index (Phi) is 64.1. The lowest BCUT2D eigenvalue weighted by Crippen LogP contribution is -2.40. The van der Waals surface area contributed by atoms with E-state index in [-0.39, 0.29) is 38.2 Å². The van der Waals surface area contributed by atoms with Gasteiger partial charge in [0.2, 0.25) is 0 Å². The van der Waals surface area contributed by atoms with Crippen LogP contribution >= 0.6 is 0 Å². The lowest BCUT2D eigenvalue weighted by atomic mass is 10.0. The van der Waals surface area contributed by atoms with Gasteiger partial charge in [-0.3, -0.25) is 9.59 Å². The summed E-state index contributed by atoms with van der Waals surface area (Å²) in [4.78, 5) is 37.6. The fourth-order valence-electron chi connectivity index (χ4n) is 10.5. The second-order valence-electron chi connectivity index (χ2n) is 25.5. The SMILES string of the molecule is CC/C=C\C/C=C\C/C=C\C/C=C\CCCCCCCCCCCCCCCCCCCCCCCCCCC(=O)OC(COC(=O)CCCCCCCCCCCCC/C=C\C/C=C\CCCCCCC)COC(OCC[N+](C)(C)C)C(=O)O. The first kappa shape index (κ1) is 81.7. The van der Waals surface area contributed by atoms with E-state index in [2.05, 4.69) is 86.8 Å². The molecule has 0 aromatic carbocycles. The normalized spacial score (nSPS) is 13.1. The molecule has 0 bridgehead atoms. The Morgan fingerprint density at radius 3 is 1.00 bits per heavy atom. The molecule has 85 heavy (non-hydrogen) atoms. The van der Waals surface area contributed by atoms with Crippen LogP contribution in [0.4, 0.5) is 0 Å². The van der Waals surface area contributed by atoms with Crippen LogP contribution in [0.2, 0.25) is 0 Å². The van der Waals surface area contributed by atoms with Crippen LogP contribution in [0.5, 0.6) is 0 Å². The number of ether oxygens (including phenoxy) is 4. The summed E-state index contributed by atoms with van der Waals surface area (Å²) in [6.45, 7) is 4.80. The van der Waals surface area contributed by atoms with Crippen molar-refractivity contribution in [3.63, 3.8) is 0 Å². The zero-order valence-electron chi connectivity index (χ0n) is 56.5. The third-order valence-electron chi connectivity index (χ3n) is 15.9. The predicted octanol–water partition coefficient (Wildman–Crippen LogP) is 22.5. The molecule has 0 aromatic rings. The molecule has 0 fully saturated rings. The van der Waals surface area contributed by atoms with Crippen LogP contribution in [-0.2, 0) is 33.3 Å². The van der Waals surface area contributed by atoms with E-state index in [1.54, 1.807) is 0 Å². The number of likely N-dealkylation sites (N-methyl/N-ethyl adjacent to an activating group) is 1. The molecule has 0 rings (SSSR count). The molecule has 0 aromatic heterocycles. The van der Waals surface area contributed by atoms with Crippen molar-refractivity contribution in [2.45, 2.75) is 347 Å². The predicted molar refractivity (Wildman–Crippen MR) is 364 cm³/mol. The number of aliphatic carboxylic acids is 1. The van der Waals surface area contributed by atoms with Crippen molar-refractivity contribution in [2.24, 2.45) is 0 Å². The highest BCUT2D eigenvalue weighted by molar-refractivity contribution is 5.71. The third-order valence-corrected chi connectivity index (χ3v) is 15.9. The Labute approximate surface area is 526 Å². The largest absolute Gasteiger partial charge is 0.477 e. The first-order valence-electron chi connectivity index (χ1n) is 36.1. The average molecular weight is 1190 g/mol. The highest BCUT2D eigenvalue weighted by Crippen LogP contribution is 2.18. The van der Waals surface area contributed by atoms with Crippen molar-refractivity contribution in [3.05, 3.63) is 72.9 Å².